The van der Waals surface area contributed by atoms with Crippen molar-refractivity contribution in [1.82, 2.24) is 4.90 Å². The fourth-order valence-corrected chi connectivity index (χ4v) is 4.11. The summed E-state index contributed by atoms with van der Waals surface area (Å²) in [6, 6.07) is 14.7. The van der Waals surface area contributed by atoms with E-state index in [4.69, 9.17) is 5.73 Å². The molecule has 1 heterocycles. The van der Waals surface area contributed by atoms with Crippen LogP contribution in [0.5, 0.6) is 0 Å². The van der Waals surface area contributed by atoms with E-state index in [0.29, 0.717) is 24.3 Å². The summed E-state index contributed by atoms with van der Waals surface area (Å²) in [7, 11) is -3.69. The van der Waals surface area contributed by atoms with E-state index in [1.807, 2.05) is 0 Å². The lowest BCUT2D eigenvalue weighted by Crippen LogP contribution is -2.39. The summed E-state index contributed by atoms with van der Waals surface area (Å²) in [5, 5.41) is 0. The van der Waals surface area contributed by atoms with Gasteiger partial charge in [-0.3, -0.25) is 9.52 Å². The molecule has 0 spiro atoms. The van der Waals surface area contributed by atoms with Gasteiger partial charge in [-0.25, -0.2) is 8.42 Å². The Labute approximate surface area is 159 Å². The van der Waals surface area contributed by atoms with E-state index in [0.717, 1.165) is 12.8 Å². The molecular formula is C18H22ClN3O3S. The lowest BCUT2D eigenvalue weighted by molar-refractivity contribution is 0.0741. The number of carbonyl (C=O) groups is 1. The summed E-state index contributed by atoms with van der Waals surface area (Å²) >= 11 is 0. The van der Waals surface area contributed by atoms with Crippen LogP contribution in [0.25, 0.3) is 0 Å². The Morgan fingerprint density at radius 3 is 2.58 bits per heavy atom. The monoisotopic (exact) mass is 395 g/mol. The predicted octanol–water partition coefficient (Wildman–Crippen LogP) is 2.47. The number of carbonyl (C=O) groups excluding carboxylic acids is 1. The van der Waals surface area contributed by atoms with Crippen LogP contribution in [0.2, 0.25) is 0 Å². The van der Waals surface area contributed by atoms with Crippen molar-refractivity contribution in [2.24, 2.45) is 5.73 Å². The Balaban J connectivity index is 0.00000243. The molecule has 6 nitrogen and oxygen atoms in total. The maximum atomic E-state index is 12.7. The number of nitrogens with one attached hydrogen (secondary N) is 1. The first-order valence-electron chi connectivity index (χ1n) is 8.20. The Kier molecular flexibility index (Phi) is 6.63. The van der Waals surface area contributed by atoms with E-state index >= 15 is 0 Å². The number of amides is 1. The standard InChI is InChI=1S/C18H21N3O3S.ClH/c19-13-16-8-5-11-21(16)18(22)14-6-4-7-15(12-14)20-25(23,24)17-9-2-1-3-10-17;/h1-4,6-7,9-10,12,16,20H,5,8,11,13,19H2;1H. The van der Waals surface area contributed by atoms with E-state index in [1.54, 1.807) is 47.4 Å². The fraction of sp³-hybridized carbons (Fsp3) is 0.278. The third kappa shape index (κ3) is 4.35. The summed E-state index contributed by atoms with van der Waals surface area (Å²) in [6.45, 7) is 1.12. The maximum absolute atomic E-state index is 12.7. The molecule has 26 heavy (non-hydrogen) atoms. The van der Waals surface area contributed by atoms with Gasteiger partial charge in [-0.15, -0.1) is 12.4 Å². The Morgan fingerprint density at radius 2 is 1.88 bits per heavy atom. The van der Waals surface area contributed by atoms with Crippen molar-refractivity contribution < 1.29 is 13.2 Å². The first-order valence-corrected chi connectivity index (χ1v) is 9.68. The number of halogens is 1. The van der Waals surface area contributed by atoms with Gasteiger partial charge in [-0.2, -0.15) is 0 Å². The summed E-state index contributed by atoms with van der Waals surface area (Å²) in [6.07, 6.45) is 1.84. The number of rotatable bonds is 5. The number of nitrogens with zero attached hydrogens (tertiary/aromatic N) is 1. The summed E-state index contributed by atoms with van der Waals surface area (Å²) in [4.78, 5) is 14.6. The number of hydrogen-bond acceptors (Lipinski definition) is 4. The van der Waals surface area contributed by atoms with Crippen molar-refractivity contribution in [1.29, 1.82) is 0 Å². The van der Waals surface area contributed by atoms with Crippen molar-refractivity contribution in [2.75, 3.05) is 17.8 Å². The van der Waals surface area contributed by atoms with E-state index < -0.39 is 10.0 Å². The molecule has 0 aliphatic carbocycles. The third-order valence-electron chi connectivity index (χ3n) is 4.33. The highest BCUT2D eigenvalue weighted by atomic mass is 35.5. The van der Waals surface area contributed by atoms with Crippen LogP contribution < -0.4 is 10.5 Å². The maximum Gasteiger partial charge on any atom is 0.261 e. The van der Waals surface area contributed by atoms with Crippen LogP contribution in [0.3, 0.4) is 0 Å². The molecule has 3 rings (SSSR count). The van der Waals surface area contributed by atoms with Crippen LogP contribution in [0.4, 0.5) is 5.69 Å². The molecule has 1 aliphatic heterocycles. The van der Waals surface area contributed by atoms with E-state index in [9.17, 15) is 13.2 Å². The lowest BCUT2D eigenvalue weighted by atomic mass is 10.1. The van der Waals surface area contributed by atoms with Crippen molar-refractivity contribution in [2.45, 2.75) is 23.8 Å². The molecule has 1 amide bonds. The molecule has 1 fully saturated rings. The first kappa shape index (κ1) is 20.2. The van der Waals surface area contributed by atoms with Crippen LogP contribution in [-0.4, -0.2) is 38.4 Å². The second kappa shape index (κ2) is 8.53. The summed E-state index contributed by atoms with van der Waals surface area (Å²) < 4.78 is 27.4. The minimum atomic E-state index is -3.69. The van der Waals surface area contributed by atoms with Gasteiger partial charge in [0.25, 0.3) is 15.9 Å². The smallest absolute Gasteiger partial charge is 0.261 e. The van der Waals surface area contributed by atoms with Gasteiger partial charge in [-0.05, 0) is 43.2 Å². The van der Waals surface area contributed by atoms with Crippen LogP contribution in [0, 0.1) is 0 Å². The lowest BCUT2D eigenvalue weighted by Gasteiger charge is -2.23. The van der Waals surface area contributed by atoms with E-state index in [1.165, 1.54) is 12.1 Å². The van der Waals surface area contributed by atoms with Gasteiger partial charge in [0.1, 0.15) is 0 Å². The molecule has 0 aromatic heterocycles. The zero-order valence-electron chi connectivity index (χ0n) is 14.2. The average Bonchev–Trinajstić information content (AvgIpc) is 3.10. The van der Waals surface area contributed by atoms with Gasteiger partial charge in [0.2, 0.25) is 0 Å². The second-order valence-electron chi connectivity index (χ2n) is 6.03. The largest absolute Gasteiger partial charge is 0.334 e. The molecule has 8 heteroatoms. The summed E-state index contributed by atoms with van der Waals surface area (Å²) in [5.41, 5.74) is 6.54. The highest BCUT2D eigenvalue weighted by Gasteiger charge is 2.28. The molecular weight excluding hydrogens is 374 g/mol. The minimum Gasteiger partial charge on any atom is -0.334 e. The number of anilines is 1. The number of sulfonamides is 1. The van der Waals surface area contributed by atoms with Crippen molar-refractivity contribution in [3.63, 3.8) is 0 Å². The van der Waals surface area contributed by atoms with Gasteiger partial charge < -0.3 is 10.6 Å². The molecule has 0 bridgehead atoms. The quantitative estimate of drug-likeness (QED) is 0.813. The molecule has 1 atom stereocenters. The molecule has 1 saturated heterocycles. The first-order chi connectivity index (χ1) is 12.0. The van der Waals surface area contributed by atoms with Crippen LogP contribution in [0.15, 0.2) is 59.5 Å². The molecule has 2 aromatic rings. The van der Waals surface area contributed by atoms with Crippen LogP contribution in [-0.2, 0) is 10.0 Å². The summed E-state index contributed by atoms with van der Waals surface area (Å²) in [5.74, 6) is -0.117. The second-order valence-corrected chi connectivity index (χ2v) is 7.71. The molecule has 1 aliphatic rings. The highest BCUT2D eigenvalue weighted by Crippen LogP contribution is 2.22. The minimum absolute atomic E-state index is 0. The Bertz CT molecular complexity index is 859. The third-order valence-corrected chi connectivity index (χ3v) is 5.72. The van der Waals surface area contributed by atoms with Gasteiger partial charge in [0.15, 0.2) is 0 Å². The fourth-order valence-electron chi connectivity index (χ4n) is 3.04. The number of likely N-dealkylation sites (tertiary alicyclic amines) is 1. The molecule has 1 unspecified atom stereocenters. The number of benzene rings is 2. The Morgan fingerprint density at radius 1 is 1.15 bits per heavy atom. The molecule has 0 radical (unpaired) electrons. The Hall–Kier alpha value is -2.09. The zero-order chi connectivity index (χ0) is 17.9. The SMILES string of the molecule is Cl.NCC1CCCN1C(=O)c1cccc(NS(=O)(=O)c2ccccc2)c1. The number of hydrogen-bond donors (Lipinski definition) is 2. The average molecular weight is 396 g/mol. The zero-order valence-corrected chi connectivity index (χ0v) is 15.8. The van der Waals surface area contributed by atoms with E-state index in [2.05, 4.69) is 4.72 Å². The van der Waals surface area contributed by atoms with E-state index in [-0.39, 0.29) is 29.3 Å². The predicted molar refractivity (Wildman–Crippen MR) is 104 cm³/mol. The highest BCUT2D eigenvalue weighted by molar-refractivity contribution is 7.92. The topological polar surface area (TPSA) is 92.5 Å². The van der Waals surface area contributed by atoms with Gasteiger partial charge >= 0.3 is 0 Å². The molecule has 140 valence electrons. The van der Waals surface area contributed by atoms with Crippen molar-refractivity contribution in [3.05, 3.63) is 60.2 Å². The molecule has 0 saturated carbocycles. The number of nitrogens with two attached hydrogens (primary N) is 1. The molecule has 2 aromatic carbocycles. The molecule has 3 N–H and O–H groups in total. The van der Waals surface area contributed by atoms with Crippen molar-refractivity contribution in [3.8, 4) is 0 Å². The van der Waals surface area contributed by atoms with Gasteiger partial charge in [-0.1, -0.05) is 24.3 Å². The van der Waals surface area contributed by atoms with Gasteiger partial charge in [0, 0.05) is 30.4 Å². The normalized spacial score (nSPS) is 16.8. The van der Waals surface area contributed by atoms with Gasteiger partial charge in [0.05, 0.1) is 4.90 Å². The van der Waals surface area contributed by atoms with Crippen molar-refractivity contribution >= 4 is 34.0 Å². The van der Waals surface area contributed by atoms with Crippen LogP contribution in [0.1, 0.15) is 23.2 Å². The van der Waals surface area contributed by atoms with Crippen LogP contribution >= 0.6 is 12.4 Å².